The molecule has 0 saturated carbocycles. The second-order valence-corrected chi connectivity index (χ2v) is 3.74. The third kappa shape index (κ3) is 3.38. The first-order valence-electron chi connectivity index (χ1n) is 5.58. The van der Waals surface area contributed by atoms with Crippen LogP contribution >= 0.6 is 0 Å². The summed E-state index contributed by atoms with van der Waals surface area (Å²) in [6.45, 7) is 0. The molecule has 17 heavy (non-hydrogen) atoms. The van der Waals surface area contributed by atoms with Gasteiger partial charge in [-0.1, -0.05) is 48.5 Å². The summed E-state index contributed by atoms with van der Waals surface area (Å²) in [5, 5.41) is 0. The molecule has 0 N–H and O–H groups in total. The van der Waals surface area contributed by atoms with Gasteiger partial charge in [-0.05, 0) is 18.1 Å². The molecule has 0 aliphatic rings. The fourth-order valence-corrected chi connectivity index (χ4v) is 1.56. The molecule has 2 aromatic carbocycles. The van der Waals surface area contributed by atoms with Gasteiger partial charge < -0.3 is 0 Å². The molecule has 0 amide bonds. The zero-order valence-electron chi connectivity index (χ0n) is 9.49. The molecular weight excluding hydrogens is 210 g/mol. The average molecular weight is 224 g/mol. The third-order valence-corrected chi connectivity index (χ3v) is 2.45. The molecule has 2 nitrogen and oxygen atoms in total. The van der Waals surface area contributed by atoms with Crippen molar-refractivity contribution >= 4 is 5.69 Å². The summed E-state index contributed by atoms with van der Waals surface area (Å²) in [5.74, 6) is 0. The molecule has 0 aliphatic carbocycles. The van der Waals surface area contributed by atoms with Crippen LogP contribution in [0.25, 0.3) is 0 Å². The molecular formula is C15H14NO+. The van der Waals surface area contributed by atoms with Gasteiger partial charge in [0.2, 0.25) is 6.20 Å². The largest absolute Gasteiger partial charge is 0.262 e. The molecule has 0 bridgehead atoms. The van der Waals surface area contributed by atoms with Crippen molar-refractivity contribution in [1.82, 2.24) is 0 Å². The summed E-state index contributed by atoms with van der Waals surface area (Å²) in [5.41, 5.74) is 1.85. The van der Waals surface area contributed by atoms with E-state index in [0.717, 1.165) is 11.2 Å². The lowest BCUT2D eigenvalue weighted by atomic mass is 10.1. The fraction of sp³-hybridized carbons (Fsp3) is 0.0667. The maximum atomic E-state index is 11.7. The van der Waals surface area contributed by atoms with E-state index in [2.05, 4.69) is 0 Å². The minimum atomic E-state index is 0.650. The number of para-hydroxylation sites is 1. The van der Waals surface area contributed by atoms with E-state index in [-0.39, 0.29) is 0 Å². The molecule has 0 heterocycles. The molecule has 84 valence electrons. The van der Waals surface area contributed by atoms with E-state index in [1.165, 1.54) is 5.56 Å². The molecule has 0 unspecified atom stereocenters. The average Bonchev–Trinajstić information content (AvgIpc) is 2.41. The molecule has 0 fully saturated rings. The molecule has 2 rings (SSSR count). The lowest BCUT2D eigenvalue weighted by molar-refractivity contribution is -0.384. The highest BCUT2D eigenvalue weighted by Gasteiger charge is 2.06. The molecule has 0 spiro atoms. The Kier molecular flexibility index (Phi) is 3.81. The second-order valence-electron chi connectivity index (χ2n) is 3.74. The topological polar surface area (TPSA) is 20.1 Å². The molecule has 0 radical (unpaired) electrons. The Hall–Kier alpha value is -2.22. The highest BCUT2D eigenvalue weighted by molar-refractivity contribution is 5.28. The number of rotatable bonds is 4. The van der Waals surface area contributed by atoms with E-state index >= 15 is 0 Å². The number of hydrogen-bond donors (Lipinski definition) is 0. The van der Waals surface area contributed by atoms with Gasteiger partial charge in [0.1, 0.15) is 0 Å². The van der Waals surface area contributed by atoms with E-state index in [4.69, 9.17) is 0 Å². The number of benzene rings is 2. The minimum Gasteiger partial charge on any atom is -0.0622 e. The fourth-order valence-electron chi connectivity index (χ4n) is 1.56. The van der Waals surface area contributed by atoms with Crippen molar-refractivity contribution in [2.24, 2.45) is 0 Å². The van der Waals surface area contributed by atoms with Gasteiger partial charge in [0, 0.05) is 17.0 Å². The molecule has 2 aromatic rings. The molecule has 2 heteroatoms. The predicted octanol–water partition coefficient (Wildman–Crippen LogP) is 3.85. The monoisotopic (exact) mass is 224 g/mol. The summed E-state index contributed by atoms with van der Waals surface area (Å²) in [4.78, 5) is 11.7. The number of nitrogens with zero attached hydrogens (tertiary/aromatic N) is 1. The smallest absolute Gasteiger partial charge is 0.0622 e. The van der Waals surface area contributed by atoms with Crippen LogP contribution < -0.4 is 0 Å². The zero-order chi connectivity index (χ0) is 11.9. The van der Waals surface area contributed by atoms with Crippen LogP contribution in [0.5, 0.6) is 0 Å². The zero-order valence-corrected chi connectivity index (χ0v) is 9.49. The van der Waals surface area contributed by atoms with E-state index in [1.54, 1.807) is 18.3 Å². The van der Waals surface area contributed by atoms with Gasteiger partial charge in [-0.2, -0.15) is 0 Å². The van der Waals surface area contributed by atoms with Crippen molar-refractivity contribution < 1.29 is 4.76 Å². The molecule has 0 saturated heterocycles. The molecule has 0 atom stereocenters. The third-order valence-electron chi connectivity index (χ3n) is 2.45. The minimum absolute atomic E-state index is 0.650. The van der Waals surface area contributed by atoms with Crippen LogP contribution in [0.4, 0.5) is 5.69 Å². The number of allylic oxidation sites excluding steroid dienone is 1. The normalized spacial score (nSPS) is 10.6. The van der Waals surface area contributed by atoms with Gasteiger partial charge in [-0.3, -0.25) is 0 Å². The quantitative estimate of drug-likeness (QED) is 0.722. The van der Waals surface area contributed by atoms with Crippen molar-refractivity contribution in [1.29, 1.82) is 0 Å². The first kappa shape index (κ1) is 11.3. The van der Waals surface area contributed by atoms with E-state index in [9.17, 15) is 4.91 Å². The van der Waals surface area contributed by atoms with Crippen LogP contribution in [0.1, 0.15) is 5.56 Å². The molecule has 0 aromatic heterocycles. The van der Waals surface area contributed by atoms with Crippen LogP contribution in [0.2, 0.25) is 0 Å². The van der Waals surface area contributed by atoms with Crippen molar-refractivity contribution in [2.75, 3.05) is 0 Å². The SMILES string of the molecule is O=[N+](C=CCc1ccccc1)c1ccccc1. The Morgan fingerprint density at radius 3 is 2.12 bits per heavy atom. The van der Waals surface area contributed by atoms with Crippen LogP contribution in [-0.2, 0) is 6.42 Å². The summed E-state index contributed by atoms with van der Waals surface area (Å²) in [6, 6.07) is 19.2. The van der Waals surface area contributed by atoms with Crippen molar-refractivity contribution in [3.8, 4) is 0 Å². The standard InChI is InChI=1S/C15H14NO/c17-16(15-11-5-2-6-12-15)13-7-10-14-8-3-1-4-9-14/h1-9,11-13H,10H2/q+1. The Balaban J connectivity index is 1.96. The van der Waals surface area contributed by atoms with E-state index in [0.29, 0.717) is 5.69 Å². The van der Waals surface area contributed by atoms with E-state index in [1.807, 2.05) is 54.6 Å². The van der Waals surface area contributed by atoms with Gasteiger partial charge in [0.25, 0.3) is 5.69 Å². The van der Waals surface area contributed by atoms with Crippen LogP contribution in [0.15, 0.2) is 72.9 Å². The lowest BCUT2D eigenvalue weighted by Gasteiger charge is -1.92. The maximum absolute atomic E-state index is 11.7. The summed E-state index contributed by atoms with van der Waals surface area (Å²) in [6.07, 6.45) is 4.20. The van der Waals surface area contributed by atoms with Crippen molar-refractivity contribution in [2.45, 2.75) is 6.42 Å². The number of nitroso groups, excluding NO2 is 1. The molecule has 0 aliphatic heterocycles. The van der Waals surface area contributed by atoms with Crippen molar-refractivity contribution in [3.63, 3.8) is 0 Å². The van der Waals surface area contributed by atoms with Gasteiger partial charge in [0.15, 0.2) is 0 Å². The summed E-state index contributed by atoms with van der Waals surface area (Å²) < 4.78 is 0.878. The van der Waals surface area contributed by atoms with Crippen LogP contribution in [-0.4, -0.2) is 4.76 Å². The van der Waals surface area contributed by atoms with Crippen molar-refractivity contribution in [3.05, 3.63) is 83.4 Å². The Morgan fingerprint density at radius 2 is 1.47 bits per heavy atom. The van der Waals surface area contributed by atoms with E-state index < -0.39 is 0 Å². The predicted molar refractivity (Wildman–Crippen MR) is 69.0 cm³/mol. The first-order chi connectivity index (χ1) is 8.36. The summed E-state index contributed by atoms with van der Waals surface area (Å²) >= 11 is 0. The van der Waals surface area contributed by atoms with Gasteiger partial charge in [-0.15, -0.1) is 0 Å². The Labute approximate surface area is 101 Å². The highest BCUT2D eigenvalue weighted by atomic mass is 16.3. The highest BCUT2D eigenvalue weighted by Crippen LogP contribution is 2.10. The van der Waals surface area contributed by atoms with Gasteiger partial charge >= 0.3 is 0 Å². The van der Waals surface area contributed by atoms with Gasteiger partial charge in [0.05, 0.1) is 4.76 Å². The second kappa shape index (κ2) is 5.75. The van der Waals surface area contributed by atoms with Crippen LogP contribution in [0, 0.1) is 4.91 Å². The summed E-state index contributed by atoms with van der Waals surface area (Å²) in [7, 11) is 0. The lowest BCUT2D eigenvalue weighted by Crippen LogP contribution is -1.89. The maximum Gasteiger partial charge on any atom is 0.262 e. The van der Waals surface area contributed by atoms with Gasteiger partial charge in [-0.25, -0.2) is 0 Å². The first-order valence-corrected chi connectivity index (χ1v) is 5.58. The Morgan fingerprint density at radius 1 is 0.882 bits per heavy atom. The number of hydrogen-bond acceptors (Lipinski definition) is 1. The van der Waals surface area contributed by atoms with Crippen LogP contribution in [0.3, 0.4) is 0 Å². The Bertz CT molecular complexity index is 503.